The van der Waals surface area contributed by atoms with E-state index in [-0.39, 0.29) is 60.2 Å². The van der Waals surface area contributed by atoms with Gasteiger partial charge in [-0.15, -0.1) is 0 Å². The highest BCUT2D eigenvalue weighted by Crippen LogP contribution is 2.37. The van der Waals surface area contributed by atoms with Gasteiger partial charge in [0.25, 0.3) is 0 Å². The van der Waals surface area contributed by atoms with Gasteiger partial charge in [-0.1, -0.05) is 122 Å². The Labute approximate surface area is 408 Å². The smallest absolute Gasteiger partial charge is 0.398 e. The minimum absolute atomic E-state index is 0.0113. The summed E-state index contributed by atoms with van der Waals surface area (Å²) in [6, 6.07) is 41.0. The number of phenolic OH excluding ortho intramolecular Hbond substituents is 1. The van der Waals surface area contributed by atoms with Crippen LogP contribution < -0.4 is 20.3 Å². The number of nitrogens with zero attached hydrogens (tertiary/aromatic N) is 1. The lowest BCUT2D eigenvalue weighted by molar-refractivity contribution is -0.154. The summed E-state index contributed by atoms with van der Waals surface area (Å²) in [4.78, 5) is 82.1. The van der Waals surface area contributed by atoms with E-state index in [1.807, 2.05) is 73.7 Å². The van der Waals surface area contributed by atoms with E-state index in [0.29, 0.717) is 40.4 Å². The summed E-state index contributed by atoms with van der Waals surface area (Å²) in [6.45, 7) is 3.41. The highest BCUT2D eigenvalue weighted by Gasteiger charge is 2.33. The van der Waals surface area contributed by atoms with Crippen LogP contribution >= 0.6 is 15.9 Å². The van der Waals surface area contributed by atoms with Crippen LogP contribution in [-0.4, -0.2) is 67.0 Å². The van der Waals surface area contributed by atoms with Gasteiger partial charge in [-0.3, -0.25) is 19.3 Å². The van der Waals surface area contributed by atoms with E-state index in [1.165, 1.54) is 26.2 Å². The number of aryl methyl sites for hydroxylation is 1. The molecule has 356 valence electrons. The summed E-state index contributed by atoms with van der Waals surface area (Å²) in [5.41, 5.74) is 3.60. The average molecular weight is 999 g/mol. The van der Waals surface area contributed by atoms with Gasteiger partial charge in [0.05, 0.1) is 35.1 Å². The van der Waals surface area contributed by atoms with E-state index in [4.69, 9.17) is 18.9 Å². The fourth-order valence-electron chi connectivity index (χ4n) is 7.49. The third kappa shape index (κ3) is 13.4. The lowest BCUT2D eigenvalue weighted by atomic mass is 9.98. The topological polar surface area (TPSA) is 187 Å². The number of aromatic hydroxyl groups is 1. The first kappa shape index (κ1) is 50.6. The van der Waals surface area contributed by atoms with E-state index < -0.39 is 47.8 Å². The number of hydrogen-bond donors (Lipinski definition) is 3. The molecule has 0 aliphatic carbocycles. The Bertz CT molecular complexity index is 2710. The van der Waals surface area contributed by atoms with Crippen LogP contribution in [0, 0.1) is 0 Å². The first-order chi connectivity index (χ1) is 33.4. The first-order valence-corrected chi connectivity index (χ1v) is 23.0. The van der Waals surface area contributed by atoms with Gasteiger partial charge in [-0.25, -0.2) is 14.4 Å². The predicted molar refractivity (Wildman–Crippen MR) is 262 cm³/mol. The quantitative estimate of drug-likeness (QED) is 0.0287. The third-order valence-corrected chi connectivity index (χ3v) is 11.5. The monoisotopic (exact) mass is 997 g/mol. The maximum absolute atomic E-state index is 14.5. The molecule has 6 aromatic rings. The Morgan fingerprint density at radius 2 is 1.36 bits per heavy atom. The Morgan fingerprint density at radius 1 is 0.725 bits per heavy atom. The van der Waals surface area contributed by atoms with Crippen LogP contribution in [0.25, 0.3) is 0 Å². The minimum Gasteiger partial charge on any atom is -0.506 e. The molecular formula is C54H52BrN3O11. The predicted octanol–water partition coefficient (Wildman–Crippen LogP) is 8.88. The van der Waals surface area contributed by atoms with E-state index in [1.54, 1.807) is 66.7 Å². The molecule has 14 nitrogen and oxygen atoms in total. The minimum atomic E-state index is -1.16. The second kappa shape index (κ2) is 24.8. The standard InChI is InChI=1S/C54H52BrN3O11/c1-4-38-32-37(33-43(57-35(2)59)50(61)56-30-16-17-31-67-46-29-27-42(55)48(60)47(46)53(64)66-3)26-28-44(38)58(51(62)54(65)68-34-36-18-8-5-9-19-36)45-25-15-14-24-41(45)52(63)69-49(39-20-10-6-11-21-39)40-22-12-7-13-23-40/h5-15,18-29,32,43,49,60H,4,16-17,30-31,33-34H2,1-3H3,(H,56,61)(H,57,59). The summed E-state index contributed by atoms with van der Waals surface area (Å²) >= 11 is 3.19. The number of phenols is 1. The molecule has 1 atom stereocenters. The molecule has 15 heteroatoms. The Hall–Kier alpha value is -7.78. The number of benzene rings is 6. The second-order valence-corrected chi connectivity index (χ2v) is 16.6. The number of anilines is 2. The van der Waals surface area contributed by atoms with Crippen LogP contribution in [0.1, 0.15) is 81.3 Å². The van der Waals surface area contributed by atoms with E-state index in [2.05, 4.69) is 26.6 Å². The van der Waals surface area contributed by atoms with E-state index in [9.17, 15) is 33.9 Å². The number of carbonyl (C=O) groups is 6. The van der Waals surface area contributed by atoms with Gasteiger partial charge >= 0.3 is 23.8 Å². The number of unbranched alkanes of at least 4 members (excludes halogenated alkanes) is 1. The molecular weight excluding hydrogens is 947 g/mol. The maximum atomic E-state index is 14.5. The molecule has 0 saturated carbocycles. The highest BCUT2D eigenvalue weighted by molar-refractivity contribution is 9.10. The van der Waals surface area contributed by atoms with Crippen molar-refractivity contribution in [2.24, 2.45) is 0 Å². The number of carbonyl (C=O) groups excluding carboxylic acids is 6. The third-order valence-electron chi connectivity index (χ3n) is 10.9. The van der Waals surface area contributed by atoms with Crippen LogP contribution in [0.3, 0.4) is 0 Å². The van der Waals surface area contributed by atoms with Crippen molar-refractivity contribution < 1.29 is 52.8 Å². The molecule has 0 aromatic heterocycles. The number of ether oxygens (including phenoxy) is 4. The summed E-state index contributed by atoms with van der Waals surface area (Å²) < 4.78 is 22.6. The van der Waals surface area contributed by atoms with Crippen LogP contribution in [0.2, 0.25) is 0 Å². The first-order valence-electron chi connectivity index (χ1n) is 22.2. The zero-order chi connectivity index (χ0) is 49.3. The lowest BCUT2D eigenvalue weighted by Gasteiger charge is -2.27. The van der Waals surface area contributed by atoms with Crippen molar-refractivity contribution in [1.82, 2.24) is 10.6 Å². The fraction of sp³-hybridized carbons (Fsp3) is 0.222. The number of para-hydroxylation sites is 1. The molecule has 3 amide bonds. The molecule has 0 radical (unpaired) electrons. The van der Waals surface area contributed by atoms with Gasteiger partial charge in [0, 0.05) is 19.9 Å². The highest BCUT2D eigenvalue weighted by atomic mass is 79.9. The molecule has 0 aliphatic heterocycles. The van der Waals surface area contributed by atoms with Gasteiger partial charge in [0.2, 0.25) is 11.8 Å². The SMILES string of the molecule is CCc1cc(CC(NC(C)=O)C(=O)NCCCCOc2ccc(Br)c(O)c2C(=O)OC)ccc1N(C(=O)C(=O)OCc1ccccc1)c1ccccc1C(=O)OC(c1ccccc1)c1ccccc1. The second-order valence-electron chi connectivity index (χ2n) is 15.7. The number of amides is 3. The number of methoxy groups -OCH3 is 1. The molecule has 0 saturated heterocycles. The van der Waals surface area contributed by atoms with Crippen molar-refractivity contribution in [3.63, 3.8) is 0 Å². The molecule has 0 fully saturated rings. The summed E-state index contributed by atoms with van der Waals surface area (Å²) in [6.07, 6.45) is 0.572. The molecule has 6 aromatic carbocycles. The molecule has 0 bridgehead atoms. The number of halogens is 1. The van der Waals surface area contributed by atoms with Crippen molar-refractivity contribution in [3.05, 3.63) is 189 Å². The van der Waals surface area contributed by atoms with Gasteiger partial charge in [0.1, 0.15) is 29.7 Å². The van der Waals surface area contributed by atoms with Crippen LogP contribution in [-0.2, 0) is 52.8 Å². The molecule has 0 heterocycles. The van der Waals surface area contributed by atoms with Gasteiger partial charge < -0.3 is 34.7 Å². The van der Waals surface area contributed by atoms with Crippen LogP contribution in [0.5, 0.6) is 11.5 Å². The Kier molecular flexibility index (Phi) is 18.2. The number of rotatable bonds is 20. The van der Waals surface area contributed by atoms with Crippen molar-refractivity contribution in [2.45, 2.75) is 58.3 Å². The number of hydrogen-bond acceptors (Lipinski definition) is 11. The molecule has 6 rings (SSSR count). The van der Waals surface area contributed by atoms with Crippen molar-refractivity contribution >= 4 is 62.9 Å². The van der Waals surface area contributed by atoms with Crippen molar-refractivity contribution in [3.8, 4) is 11.5 Å². The molecule has 0 aliphatic rings. The van der Waals surface area contributed by atoms with Crippen molar-refractivity contribution in [1.29, 1.82) is 0 Å². The summed E-state index contributed by atoms with van der Waals surface area (Å²) in [5.74, 6) is -4.75. The van der Waals surface area contributed by atoms with Crippen molar-refractivity contribution in [2.75, 3.05) is 25.2 Å². The molecule has 3 N–H and O–H groups in total. The zero-order valence-electron chi connectivity index (χ0n) is 38.3. The summed E-state index contributed by atoms with van der Waals surface area (Å²) in [5, 5.41) is 16.0. The van der Waals surface area contributed by atoms with Crippen LogP contribution in [0.4, 0.5) is 11.4 Å². The molecule has 1 unspecified atom stereocenters. The molecule has 69 heavy (non-hydrogen) atoms. The van der Waals surface area contributed by atoms with Gasteiger partial charge in [0.15, 0.2) is 6.10 Å². The maximum Gasteiger partial charge on any atom is 0.398 e. The van der Waals surface area contributed by atoms with E-state index >= 15 is 0 Å². The Morgan fingerprint density at radius 3 is 2.00 bits per heavy atom. The van der Waals surface area contributed by atoms with Gasteiger partial charge in [-0.2, -0.15) is 0 Å². The van der Waals surface area contributed by atoms with Gasteiger partial charge in [-0.05, 0) is 93.3 Å². The largest absolute Gasteiger partial charge is 0.506 e. The van der Waals surface area contributed by atoms with Crippen LogP contribution in [0.15, 0.2) is 150 Å². The van der Waals surface area contributed by atoms with E-state index in [0.717, 1.165) is 16.0 Å². The number of esters is 3. The fourth-order valence-corrected chi connectivity index (χ4v) is 7.82. The average Bonchev–Trinajstić information content (AvgIpc) is 3.37. The Balaban J connectivity index is 1.23. The number of nitrogens with one attached hydrogen (secondary N) is 2. The summed E-state index contributed by atoms with van der Waals surface area (Å²) in [7, 11) is 1.20. The normalized spacial score (nSPS) is 11.2. The zero-order valence-corrected chi connectivity index (χ0v) is 39.9. The molecule has 0 spiro atoms. The lowest BCUT2D eigenvalue weighted by Crippen LogP contribution is -2.47.